The molecule has 0 N–H and O–H groups in total. The molecule has 0 saturated heterocycles. The molecule has 1 atom stereocenters. The Morgan fingerprint density at radius 3 is 2.61 bits per heavy atom. The molecule has 1 aliphatic rings. The van der Waals surface area contributed by atoms with Crippen molar-refractivity contribution >= 4 is 32.3 Å². The summed E-state index contributed by atoms with van der Waals surface area (Å²) in [5.41, 5.74) is 2.98. The number of hydrogen-bond acceptors (Lipinski definition) is 0. The van der Waals surface area contributed by atoms with Crippen molar-refractivity contribution < 1.29 is 0 Å². The Balaban J connectivity index is 1.64. The van der Waals surface area contributed by atoms with Crippen LogP contribution in [0.15, 0.2) is 46.9 Å². The van der Waals surface area contributed by atoms with Crippen LogP contribution in [0.5, 0.6) is 0 Å². The third kappa shape index (κ3) is 4.47. The van der Waals surface area contributed by atoms with Gasteiger partial charge in [-0.3, -0.25) is 0 Å². The maximum atomic E-state index is 3.55. The summed E-state index contributed by atoms with van der Waals surface area (Å²) in [5.74, 6) is 0.923. The van der Waals surface area contributed by atoms with Crippen molar-refractivity contribution in [3.05, 3.63) is 52.5 Å². The number of unbranched alkanes of at least 4 members (excludes halogenated alkanes) is 3. The lowest BCUT2D eigenvalue weighted by Crippen LogP contribution is -2.05. The highest BCUT2D eigenvalue weighted by Crippen LogP contribution is 2.34. The Hall–Kier alpha value is -1.08. The zero-order chi connectivity index (χ0) is 16.1. The van der Waals surface area contributed by atoms with E-state index in [0.717, 1.165) is 10.4 Å². The summed E-state index contributed by atoms with van der Waals surface area (Å²) in [6.07, 6.45) is 13.4. The molecular formula is C22H27Br. The highest BCUT2D eigenvalue weighted by Gasteiger charge is 2.15. The monoisotopic (exact) mass is 370 g/mol. The lowest BCUT2D eigenvalue weighted by atomic mass is 9.83. The highest BCUT2D eigenvalue weighted by molar-refractivity contribution is 9.10. The van der Waals surface area contributed by atoms with Crippen molar-refractivity contribution in [2.75, 3.05) is 0 Å². The van der Waals surface area contributed by atoms with Crippen molar-refractivity contribution in [1.29, 1.82) is 0 Å². The summed E-state index contributed by atoms with van der Waals surface area (Å²) in [5, 5.41) is 2.65. The van der Waals surface area contributed by atoms with Crippen molar-refractivity contribution in [3.8, 4) is 0 Å². The van der Waals surface area contributed by atoms with Crippen molar-refractivity contribution in [3.63, 3.8) is 0 Å². The molecule has 23 heavy (non-hydrogen) atoms. The molecule has 2 aromatic rings. The third-order valence-electron chi connectivity index (χ3n) is 5.16. The molecule has 1 unspecified atom stereocenters. The highest BCUT2D eigenvalue weighted by atomic mass is 79.9. The van der Waals surface area contributed by atoms with Crippen LogP contribution in [0, 0.1) is 5.92 Å². The van der Waals surface area contributed by atoms with E-state index >= 15 is 0 Å². The van der Waals surface area contributed by atoms with E-state index < -0.39 is 0 Å². The first-order valence-electron chi connectivity index (χ1n) is 9.15. The van der Waals surface area contributed by atoms with Gasteiger partial charge in [0.1, 0.15) is 0 Å². The minimum atomic E-state index is 0.923. The molecular weight excluding hydrogens is 344 g/mol. The molecule has 2 aromatic carbocycles. The molecule has 0 spiro atoms. The Morgan fingerprint density at radius 2 is 1.83 bits per heavy atom. The van der Waals surface area contributed by atoms with Gasteiger partial charge >= 0.3 is 0 Å². The van der Waals surface area contributed by atoms with Crippen LogP contribution in [-0.4, -0.2) is 0 Å². The maximum absolute atomic E-state index is 3.55. The van der Waals surface area contributed by atoms with Crippen molar-refractivity contribution in [1.82, 2.24) is 0 Å². The molecule has 1 heteroatoms. The van der Waals surface area contributed by atoms with E-state index in [1.165, 1.54) is 67.7 Å². The van der Waals surface area contributed by atoms with Gasteiger partial charge in [-0.15, -0.1) is 0 Å². The second-order valence-corrected chi connectivity index (χ2v) is 7.84. The van der Waals surface area contributed by atoms with Gasteiger partial charge in [-0.25, -0.2) is 0 Å². The van der Waals surface area contributed by atoms with Crippen LogP contribution in [-0.2, 0) is 0 Å². The predicted octanol–water partition coefficient (Wildman–Crippen LogP) is 7.76. The molecule has 0 aliphatic heterocycles. The first-order valence-corrected chi connectivity index (χ1v) is 9.94. The van der Waals surface area contributed by atoms with E-state index in [1.807, 2.05) is 0 Å². The Bertz CT molecular complexity index is 683. The smallest absolute Gasteiger partial charge is 0.0181 e. The van der Waals surface area contributed by atoms with Gasteiger partial charge in [0.15, 0.2) is 0 Å². The Kier molecular flexibility index (Phi) is 5.94. The van der Waals surface area contributed by atoms with Crippen LogP contribution < -0.4 is 0 Å². The minimum absolute atomic E-state index is 0.923. The fourth-order valence-electron chi connectivity index (χ4n) is 3.69. The summed E-state index contributed by atoms with van der Waals surface area (Å²) in [4.78, 5) is 0. The molecule has 0 heterocycles. The van der Waals surface area contributed by atoms with Crippen molar-refractivity contribution in [2.24, 2.45) is 5.92 Å². The van der Waals surface area contributed by atoms with Gasteiger partial charge in [-0.2, -0.15) is 0 Å². The number of rotatable bonds is 6. The number of allylic oxidation sites excluding steroid dienone is 2. The van der Waals surface area contributed by atoms with Gasteiger partial charge < -0.3 is 0 Å². The summed E-state index contributed by atoms with van der Waals surface area (Å²) < 4.78 is 1.15. The molecule has 0 radical (unpaired) electrons. The number of fused-ring (bicyclic) bond motifs is 1. The van der Waals surface area contributed by atoms with E-state index in [1.54, 1.807) is 5.57 Å². The molecule has 0 nitrogen and oxygen atoms in total. The van der Waals surface area contributed by atoms with E-state index in [0.29, 0.717) is 0 Å². The van der Waals surface area contributed by atoms with Gasteiger partial charge in [0.25, 0.3) is 0 Å². The maximum Gasteiger partial charge on any atom is 0.0181 e. The van der Waals surface area contributed by atoms with Gasteiger partial charge in [-0.1, -0.05) is 79.2 Å². The largest absolute Gasteiger partial charge is 0.0804 e. The molecule has 0 saturated carbocycles. The average molecular weight is 371 g/mol. The molecule has 0 aromatic heterocycles. The molecule has 0 bridgehead atoms. The zero-order valence-corrected chi connectivity index (χ0v) is 15.7. The van der Waals surface area contributed by atoms with Crippen LogP contribution in [0.1, 0.15) is 63.9 Å². The third-order valence-corrected chi connectivity index (χ3v) is 5.65. The van der Waals surface area contributed by atoms with Gasteiger partial charge in [0.05, 0.1) is 0 Å². The van der Waals surface area contributed by atoms with Crippen LogP contribution in [0.2, 0.25) is 0 Å². The fraction of sp³-hybridized carbons (Fsp3) is 0.455. The van der Waals surface area contributed by atoms with Crippen LogP contribution >= 0.6 is 15.9 Å². The van der Waals surface area contributed by atoms with Gasteiger partial charge in [0, 0.05) is 4.47 Å². The van der Waals surface area contributed by atoms with E-state index in [2.05, 4.69) is 65.3 Å². The van der Waals surface area contributed by atoms with Gasteiger partial charge in [0.2, 0.25) is 0 Å². The Labute approximate surface area is 149 Å². The lowest BCUT2D eigenvalue weighted by molar-refractivity contribution is 0.425. The second-order valence-electron chi connectivity index (χ2n) is 6.93. The van der Waals surface area contributed by atoms with E-state index in [9.17, 15) is 0 Å². The van der Waals surface area contributed by atoms with Crippen LogP contribution in [0.4, 0.5) is 0 Å². The minimum Gasteiger partial charge on any atom is -0.0804 e. The molecule has 122 valence electrons. The summed E-state index contributed by atoms with van der Waals surface area (Å²) in [7, 11) is 0. The van der Waals surface area contributed by atoms with E-state index in [4.69, 9.17) is 0 Å². The van der Waals surface area contributed by atoms with E-state index in [-0.39, 0.29) is 0 Å². The molecule has 0 amide bonds. The number of hydrogen-bond donors (Lipinski definition) is 0. The summed E-state index contributed by atoms with van der Waals surface area (Å²) >= 11 is 3.55. The molecule has 1 aliphatic carbocycles. The lowest BCUT2D eigenvalue weighted by Gasteiger charge is -2.22. The van der Waals surface area contributed by atoms with Gasteiger partial charge in [-0.05, 0) is 65.3 Å². The zero-order valence-electron chi connectivity index (χ0n) is 14.2. The standard InChI is InChI=1S/C22H27Br/c1-2-3-4-5-6-17-7-9-18(10-8-17)19-11-12-21-16-22(23)14-13-20(21)15-19/h9,11-17H,2-8,10H2,1H3. The molecule has 3 rings (SSSR count). The second kappa shape index (κ2) is 8.15. The first kappa shape index (κ1) is 16.8. The van der Waals surface area contributed by atoms with Crippen molar-refractivity contribution in [2.45, 2.75) is 58.3 Å². The average Bonchev–Trinajstić information content (AvgIpc) is 2.59. The van der Waals surface area contributed by atoms with Crippen LogP contribution in [0.25, 0.3) is 16.3 Å². The fourth-order valence-corrected chi connectivity index (χ4v) is 4.07. The number of benzene rings is 2. The Morgan fingerprint density at radius 1 is 1.00 bits per heavy atom. The normalized spacial score (nSPS) is 18.2. The first-order chi connectivity index (χ1) is 11.3. The number of halogens is 1. The quantitative estimate of drug-likeness (QED) is 0.455. The SMILES string of the molecule is CCCCCCC1CC=C(c2ccc3cc(Br)ccc3c2)CC1. The summed E-state index contributed by atoms with van der Waals surface area (Å²) in [6, 6.07) is 13.4. The summed E-state index contributed by atoms with van der Waals surface area (Å²) in [6.45, 7) is 2.29. The molecule has 0 fully saturated rings. The predicted molar refractivity (Wildman–Crippen MR) is 106 cm³/mol. The topological polar surface area (TPSA) is 0 Å². The van der Waals surface area contributed by atoms with Crippen LogP contribution in [0.3, 0.4) is 0 Å².